The molecule has 2 aliphatic heterocycles. The van der Waals surface area contributed by atoms with Crippen molar-refractivity contribution in [1.82, 2.24) is 20.4 Å². The molecule has 0 bridgehead atoms. The largest absolute Gasteiger partial charge is 0.378 e. The van der Waals surface area contributed by atoms with Crippen LogP contribution in [0.2, 0.25) is 0 Å². The predicted molar refractivity (Wildman–Crippen MR) is 97.9 cm³/mol. The number of nitrogens with zero attached hydrogens (tertiary/aromatic N) is 2. The average molecular weight is 360 g/mol. The zero-order valence-corrected chi connectivity index (χ0v) is 15.3. The number of rotatable bonds is 4. The molecule has 0 saturated carbocycles. The van der Waals surface area contributed by atoms with Crippen LogP contribution >= 0.6 is 11.3 Å². The molecular formula is C18H24N4O2S. The van der Waals surface area contributed by atoms with E-state index in [9.17, 15) is 4.79 Å². The maximum Gasteiger partial charge on any atom is 0.272 e. The number of piperidine rings is 1. The van der Waals surface area contributed by atoms with Crippen molar-refractivity contribution in [2.45, 2.75) is 38.3 Å². The van der Waals surface area contributed by atoms with Gasteiger partial charge in [0.05, 0.1) is 35.9 Å². The Labute approximate surface area is 151 Å². The molecule has 2 aromatic rings. The molecule has 1 amide bonds. The van der Waals surface area contributed by atoms with Gasteiger partial charge >= 0.3 is 0 Å². The molecular weight excluding hydrogens is 336 g/mol. The number of aromatic nitrogens is 2. The number of carbonyl (C=O) groups excluding carboxylic acids is 1. The number of aromatic amines is 1. The molecule has 134 valence electrons. The second kappa shape index (κ2) is 7.27. The van der Waals surface area contributed by atoms with Crippen molar-refractivity contribution in [2.24, 2.45) is 0 Å². The lowest BCUT2D eigenvalue weighted by atomic mass is 10.0. The lowest BCUT2D eigenvalue weighted by Gasteiger charge is -2.34. The van der Waals surface area contributed by atoms with Crippen LogP contribution in [-0.2, 0) is 4.74 Å². The summed E-state index contributed by atoms with van der Waals surface area (Å²) in [5, 5.41) is 10.3. The Morgan fingerprint density at radius 1 is 1.32 bits per heavy atom. The standard InChI is InChI=1S/C18H24N4O2S/c1-12-5-6-17(25-12)13-9-14(21-20-13)18(23)19-15-10-24-11-16(15)22-7-3-2-4-8-22/h5-6,9,15-16H,2-4,7-8,10-11H2,1H3,(H,19,23)(H,20,21)/t15-,16-/m0/s1. The fraction of sp³-hybridized carbons (Fsp3) is 0.556. The number of hydrogen-bond acceptors (Lipinski definition) is 5. The number of ether oxygens (including phenoxy) is 1. The first-order valence-electron chi connectivity index (χ1n) is 8.95. The second-order valence-electron chi connectivity index (χ2n) is 6.86. The van der Waals surface area contributed by atoms with Crippen LogP contribution in [0.15, 0.2) is 18.2 Å². The number of H-pyrrole nitrogens is 1. The van der Waals surface area contributed by atoms with Crippen molar-refractivity contribution in [3.8, 4) is 10.6 Å². The van der Waals surface area contributed by atoms with Gasteiger partial charge in [0.2, 0.25) is 0 Å². The smallest absolute Gasteiger partial charge is 0.272 e. The highest BCUT2D eigenvalue weighted by atomic mass is 32.1. The van der Waals surface area contributed by atoms with Gasteiger partial charge in [0.1, 0.15) is 0 Å². The Morgan fingerprint density at radius 2 is 2.16 bits per heavy atom. The highest BCUT2D eigenvalue weighted by molar-refractivity contribution is 7.15. The van der Waals surface area contributed by atoms with Gasteiger partial charge in [-0.1, -0.05) is 6.42 Å². The molecule has 2 fully saturated rings. The summed E-state index contributed by atoms with van der Waals surface area (Å²) in [6, 6.07) is 6.26. The van der Waals surface area contributed by atoms with Gasteiger partial charge in [0.25, 0.3) is 5.91 Å². The van der Waals surface area contributed by atoms with E-state index in [1.54, 1.807) is 11.3 Å². The van der Waals surface area contributed by atoms with E-state index < -0.39 is 0 Å². The van der Waals surface area contributed by atoms with E-state index in [1.165, 1.54) is 24.1 Å². The summed E-state index contributed by atoms with van der Waals surface area (Å²) < 4.78 is 5.65. The maximum atomic E-state index is 12.6. The first-order valence-corrected chi connectivity index (χ1v) is 9.77. The Bertz CT molecular complexity index is 735. The van der Waals surface area contributed by atoms with Gasteiger partial charge in [-0.3, -0.25) is 14.8 Å². The van der Waals surface area contributed by atoms with Gasteiger partial charge in [-0.2, -0.15) is 5.10 Å². The molecule has 0 aromatic carbocycles. The van der Waals surface area contributed by atoms with E-state index >= 15 is 0 Å². The summed E-state index contributed by atoms with van der Waals surface area (Å²) >= 11 is 1.69. The van der Waals surface area contributed by atoms with Crippen LogP contribution in [-0.4, -0.2) is 59.4 Å². The van der Waals surface area contributed by atoms with Crippen LogP contribution in [0.3, 0.4) is 0 Å². The zero-order valence-electron chi connectivity index (χ0n) is 14.5. The molecule has 0 unspecified atom stereocenters. The first kappa shape index (κ1) is 16.8. The van der Waals surface area contributed by atoms with E-state index in [4.69, 9.17) is 4.74 Å². The second-order valence-corrected chi connectivity index (χ2v) is 8.15. The van der Waals surface area contributed by atoms with Crippen LogP contribution in [0, 0.1) is 6.92 Å². The molecule has 2 saturated heterocycles. The molecule has 7 heteroatoms. The fourth-order valence-corrected chi connectivity index (χ4v) is 4.51. The third-order valence-electron chi connectivity index (χ3n) is 5.04. The molecule has 4 rings (SSSR count). The summed E-state index contributed by atoms with van der Waals surface area (Å²) in [7, 11) is 0. The predicted octanol–water partition coefficient (Wildman–Crippen LogP) is 2.43. The van der Waals surface area contributed by atoms with Crippen molar-refractivity contribution in [1.29, 1.82) is 0 Å². The monoisotopic (exact) mass is 360 g/mol. The van der Waals surface area contributed by atoms with Crippen LogP contribution in [0.4, 0.5) is 0 Å². The number of nitrogens with one attached hydrogen (secondary N) is 2. The van der Waals surface area contributed by atoms with E-state index in [0.29, 0.717) is 18.9 Å². The van der Waals surface area contributed by atoms with Gasteiger partial charge in [-0.05, 0) is 51.1 Å². The molecule has 2 N–H and O–H groups in total. The summed E-state index contributed by atoms with van der Waals surface area (Å²) in [6.45, 7) is 5.55. The number of hydrogen-bond donors (Lipinski definition) is 2. The molecule has 4 heterocycles. The number of thiophene rings is 1. The van der Waals surface area contributed by atoms with Crippen LogP contribution in [0.25, 0.3) is 10.6 Å². The summed E-state index contributed by atoms with van der Waals surface area (Å²) in [4.78, 5) is 17.4. The van der Waals surface area contributed by atoms with Crippen molar-refractivity contribution in [3.63, 3.8) is 0 Å². The molecule has 2 aromatic heterocycles. The van der Waals surface area contributed by atoms with Crippen LogP contribution in [0.5, 0.6) is 0 Å². The molecule has 0 aliphatic carbocycles. The Kier molecular flexibility index (Phi) is 4.87. The molecule has 25 heavy (non-hydrogen) atoms. The Morgan fingerprint density at radius 3 is 2.92 bits per heavy atom. The summed E-state index contributed by atoms with van der Waals surface area (Å²) in [5.74, 6) is -0.131. The normalized spacial score (nSPS) is 24.5. The van der Waals surface area contributed by atoms with E-state index in [-0.39, 0.29) is 18.0 Å². The maximum absolute atomic E-state index is 12.6. The van der Waals surface area contributed by atoms with Gasteiger partial charge in [-0.25, -0.2) is 0 Å². The van der Waals surface area contributed by atoms with Gasteiger partial charge in [0, 0.05) is 4.88 Å². The van der Waals surface area contributed by atoms with Crippen molar-refractivity contribution in [3.05, 3.63) is 28.8 Å². The lowest BCUT2D eigenvalue weighted by molar-refractivity contribution is 0.0895. The molecule has 0 spiro atoms. The van der Waals surface area contributed by atoms with E-state index in [1.807, 2.05) is 12.1 Å². The van der Waals surface area contributed by atoms with Crippen LogP contribution in [0.1, 0.15) is 34.6 Å². The number of amides is 1. The van der Waals surface area contributed by atoms with Crippen molar-refractivity contribution < 1.29 is 9.53 Å². The SMILES string of the molecule is Cc1ccc(-c2cc(C(=O)N[C@H]3COC[C@@H]3N3CCCCC3)n[nH]2)s1. The van der Waals surface area contributed by atoms with Gasteiger partial charge in [-0.15, -0.1) is 11.3 Å². The Hall–Kier alpha value is -1.70. The van der Waals surface area contributed by atoms with Crippen LogP contribution < -0.4 is 5.32 Å². The molecule has 6 nitrogen and oxygen atoms in total. The molecule has 2 aliphatic rings. The van der Waals surface area contributed by atoms with Crippen molar-refractivity contribution >= 4 is 17.2 Å². The van der Waals surface area contributed by atoms with E-state index in [0.717, 1.165) is 23.7 Å². The van der Waals surface area contributed by atoms with Crippen molar-refractivity contribution in [2.75, 3.05) is 26.3 Å². The number of likely N-dealkylation sites (tertiary alicyclic amines) is 1. The van der Waals surface area contributed by atoms with E-state index in [2.05, 4.69) is 33.4 Å². The Balaban J connectivity index is 1.42. The number of aryl methyl sites for hydroxylation is 1. The van der Waals surface area contributed by atoms with Gasteiger partial charge in [0.15, 0.2) is 5.69 Å². The van der Waals surface area contributed by atoms with Gasteiger partial charge < -0.3 is 10.1 Å². The minimum Gasteiger partial charge on any atom is -0.378 e. The third-order valence-corrected chi connectivity index (χ3v) is 6.08. The molecule has 0 radical (unpaired) electrons. The summed E-state index contributed by atoms with van der Waals surface area (Å²) in [5.41, 5.74) is 1.32. The lowest BCUT2D eigenvalue weighted by Crippen LogP contribution is -2.52. The topological polar surface area (TPSA) is 70.2 Å². The zero-order chi connectivity index (χ0) is 17.2. The highest BCUT2D eigenvalue weighted by Gasteiger charge is 2.35. The number of carbonyl (C=O) groups is 1. The third kappa shape index (κ3) is 3.63. The minimum atomic E-state index is -0.131. The highest BCUT2D eigenvalue weighted by Crippen LogP contribution is 2.26. The molecule has 2 atom stereocenters. The average Bonchev–Trinajstić information content (AvgIpc) is 3.35. The first-order chi connectivity index (χ1) is 12.2. The quantitative estimate of drug-likeness (QED) is 0.879. The fourth-order valence-electron chi connectivity index (χ4n) is 3.68. The summed E-state index contributed by atoms with van der Waals surface area (Å²) in [6.07, 6.45) is 3.78. The minimum absolute atomic E-state index is 0.0368.